The maximum Gasteiger partial charge on any atom is 0.255 e. The first-order chi connectivity index (χ1) is 12.5. The summed E-state index contributed by atoms with van der Waals surface area (Å²) in [6.45, 7) is 0. The minimum Gasteiger partial charge on any atom is -0.331 e. The highest BCUT2D eigenvalue weighted by Crippen LogP contribution is 2.15. The molecule has 0 aliphatic rings. The molecule has 130 valence electrons. The van der Waals surface area contributed by atoms with Crippen LogP contribution in [0.15, 0.2) is 67.0 Å². The molecule has 0 radical (unpaired) electrons. The Morgan fingerprint density at radius 3 is 2.50 bits per heavy atom. The molecule has 1 aromatic heterocycles. The zero-order chi connectivity index (χ0) is 18.5. The molecule has 1 amide bonds. The van der Waals surface area contributed by atoms with Crippen LogP contribution in [0.1, 0.15) is 26.5 Å². The molecule has 0 aliphatic heterocycles. The number of ketones is 1. The number of rotatable bonds is 5. The molecule has 2 aromatic carbocycles. The van der Waals surface area contributed by atoms with Crippen LogP contribution in [0.4, 0.5) is 10.1 Å². The molecule has 0 spiro atoms. The van der Waals surface area contributed by atoms with E-state index in [4.69, 9.17) is 0 Å². The number of amides is 1. The van der Waals surface area contributed by atoms with E-state index in [1.165, 1.54) is 18.2 Å². The van der Waals surface area contributed by atoms with Gasteiger partial charge in [0.2, 0.25) is 5.78 Å². The highest BCUT2D eigenvalue weighted by atomic mass is 19.1. The molecule has 0 saturated carbocycles. The first-order valence-electron chi connectivity index (χ1n) is 7.90. The molecule has 0 atom stereocenters. The van der Waals surface area contributed by atoms with Crippen molar-refractivity contribution < 1.29 is 14.0 Å². The minimum atomic E-state index is -0.492. The fourth-order valence-corrected chi connectivity index (χ4v) is 2.35. The number of hydrogen-bond donors (Lipinski definition) is 1. The predicted molar refractivity (Wildman–Crippen MR) is 97.4 cm³/mol. The van der Waals surface area contributed by atoms with Crippen LogP contribution in [0.5, 0.6) is 0 Å². The van der Waals surface area contributed by atoms with Gasteiger partial charge < -0.3 is 9.88 Å². The molecule has 5 nitrogen and oxygen atoms in total. The third-order valence-corrected chi connectivity index (χ3v) is 3.76. The van der Waals surface area contributed by atoms with Gasteiger partial charge >= 0.3 is 0 Å². The summed E-state index contributed by atoms with van der Waals surface area (Å²) in [5.74, 6) is -0.760. The van der Waals surface area contributed by atoms with Crippen molar-refractivity contribution in [2.45, 2.75) is 0 Å². The smallest absolute Gasteiger partial charge is 0.255 e. The molecule has 0 fully saturated rings. The fraction of sp³-hybridized carbons (Fsp3) is 0.0500. The lowest BCUT2D eigenvalue weighted by molar-refractivity contribution is 0.102. The zero-order valence-corrected chi connectivity index (χ0v) is 14.0. The highest BCUT2D eigenvalue weighted by molar-refractivity contribution is 6.05. The zero-order valence-electron chi connectivity index (χ0n) is 14.0. The average molecular weight is 349 g/mol. The van der Waals surface area contributed by atoms with Gasteiger partial charge in [-0.25, -0.2) is 9.37 Å². The van der Waals surface area contributed by atoms with E-state index in [1.807, 2.05) is 0 Å². The van der Waals surface area contributed by atoms with Crippen molar-refractivity contribution in [1.82, 2.24) is 9.55 Å². The number of para-hydroxylation sites is 1. The lowest BCUT2D eigenvalue weighted by atomic mass is 10.1. The van der Waals surface area contributed by atoms with Gasteiger partial charge in [-0.15, -0.1) is 0 Å². The number of halogens is 1. The van der Waals surface area contributed by atoms with E-state index in [2.05, 4.69) is 10.3 Å². The monoisotopic (exact) mass is 349 g/mol. The van der Waals surface area contributed by atoms with Crippen molar-refractivity contribution in [2.24, 2.45) is 7.05 Å². The van der Waals surface area contributed by atoms with Crippen LogP contribution in [0.3, 0.4) is 0 Å². The summed E-state index contributed by atoms with van der Waals surface area (Å²) in [5.41, 5.74) is 1.28. The molecule has 0 saturated heterocycles. The van der Waals surface area contributed by atoms with E-state index in [1.54, 1.807) is 66.5 Å². The van der Waals surface area contributed by atoms with E-state index in [9.17, 15) is 14.0 Å². The normalized spacial score (nSPS) is 10.8. The number of carbonyl (C=O) groups is 2. The Kier molecular flexibility index (Phi) is 5.03. The van der Waals surface area contributed by atoms with Gasteiger partial charge in [0, 0.05) is 25.0 Å². The second kappa shape index (κ2) is 7.57. The topological polar surface area (TPSA) is 64.0 Å². The van der Waals surface area contributed by atoms with Crippen LogP contribution in [-0.2, 0) is 7.05 Å². The maximum atomic E-state index is 13.6. The van der Waals surface area contributed by atoms with Crippen LogP contribution in [0, 0.1) is 5.82 Å². The van der Waals surface area contributed by atoms with Gasteiger partial charge in [-0.2, -0.15) is 0 Å². The van der Waals surface area contributed by atoms with Gasteiger partial charge in [0.25, 0.3) is 5.91 Å². The van der Waals surface area contributed by atoms with Gasteiger partial charge in [0.05, 0.1) is 5.69 Å². The van der Waals surface area contributed by atoms with E-state index in [0.29, 0.717) is 11.4 Å². The Bertz CT molecular complexity index is 975. The van der Waals surface area contributed by atoms with Gasteiger partial charge in [0.1, 0.15) is 5.82 Å². The Hall–Kier alpha value is -3.54. The summed E-state index contributed by atoms with van der Waals surface area (Å²) in [4.78, 5) is 28.2. The Morgan fingerprint density at radius 1 is 1.12 bits per heavy atom. The third-order valence-electron chi connectivity index (χ3n) is 3.76. The van der Waals surface area contributed by atoms with E-state index in [0.717, 1.165) is 5.56 Å². The second-order valence-electron chi connectivity index (χ2n) is 5.62. The number of nitrogens with one attached hydrogen (secondary N) is 1. The van der Waals surface area contributed by atoms with Crippen LogP contribution in [-0.4, -0.2) is 21.2 Å². The third kappa shape index (κ3) is 3.92. The molecule has 0 unspecified atom stereocenters. The summed E-state index contributed by atoms with van der Waals surface area (Å²) in [5, 5.41) is 2.52. The summed E-state index contributed by atoms with van der Waals surface area (Å²) in [6, 6.07) is 12.6. The highest BCUT2D eigenvalue weighted by Gasteiger charge is 2.09. The largest absolute Gasteiger partial charge is 0.331 e. The minimum absolute atomic E-state index is 0.127. The predicted octanol–water partition coefficient (Wildman–Crippen LogP) is 3.71. The van der Waals surface area contributed by atoms with Gasteiger partial charge in [-0.3, -0.25) is 9.59 Å². The number of nitrogens with zero attached hydrogens (tertiary/aromatic N) is 2. The second-order valence-corrected chi connectivity index (χ2v) is 5.62. The van der Waals surface area contributed by atoms with Crippen molar-refractivity contribution >= 4 is 23.5 Å². The molecule has 3 aromatic rings. The first-order valence-corrected chi connectivity index (χ1v) is 7.90. The molecular weight excluding hydrogens is 333 g/mol. The molecule has 1 heterocycles. The molecule has 6 heteroatoms. The average Bonchev–Trinajstić information content (AvgIpc) is 3.08. The molecule has 26 heavy (non-hydrogen) atoms. The van der Waals surface area contributed by atoms with Crippen molar-refractivity contribution in [3.63, 3.8) is 0 Å². The number of benzene rings is 2. The summed E-state index contributed by atoms with van der Waals surface area (Å²) in [7, 11) is 1.75. The number of allylic oxidation sites excluding steroid dienone is 1. The molecule has 0 bridgehead atoms. The van der Waals surface area contributed by atoms with Gasteiger partial charge in [0.15, 0.2) is 5.82 Å². The first kappa shape index (κ1) is 17.3. The number of carbonyl (C=O) groups excluding carboxylic acids is 2. The summed E-state index contributed by atoms with van der Waals surface area (Å²) >= 11 is 0. The van der Waals surface area contributed by atoms with Crippen molar-refractivity contribution in [2.75, 3.05) is 5.32 Å². The summed E-state index contributed by atoms with van der Waals surface area (Å²) < 4.78 is 15.2. The molecule has 3 rings (SSSR count). The number of aryl methyl sites for hydroxylation is 1. The van der Waals surface area contributed by atoms with Crippen molar-refractivity contribution in [3.05, 3.63) is 89.8 Å². The lowest BCUT2D eigenvalue weighted by Crippen LogP contribution is -2.12. The van der Waals surface area contributed by atoms with Gasteiger partial charge in [-0.1, -0.05) is 30.3 Å². The molecular formula is C20H16FN3O2. The number of aromatic nitrogens is 2. The van der Waals surface area contributed by atoms with Crippen LogP contribution >= 0.6 is 0 Å². The number of hydrogen-bond acceptors (Lipinski definition) is 3. The van der Waals surface area contributed by atoms with Crippen molar-refractivity contribution in [1.29, 1.82) is 0 Å². The molecule has 1 N–H and O–H groups in total. The standard InChI is InChI=1S/C20H16FN3O2/c1-24-13-12-22-19(24)18(25)11-8-14-6-9-15(10-7-14)20(26)23-17-5-3-2-4-16(17)21/h2-13H,1H3,(H,23,26)/b11-8+. The SMILES string of the molecule is Cn1ccnc1C(=O)/C=C/c1ccc(C(=O)Nc2ccccc2F)cc1. The van der Waals surface area contributed by atoms with Crippen LogP contribution in [0.25, 0.3) is 6.08 Å². The number of imidazole rings is 1. The quantitative estimate of drug-likeness (QED) is 0.564. The molecule has 0 aliphatic carbocycles. The Labute approximate surface area is 149 Å². The fourth-order valence-electron chi connectivity index (χ4n) is 2.35. The van der Waals surface area contributed by atoms with E-state index < -0.39 is 11.7 Å². The summed E-state index contributed by atoms with van der Waals surface area (Å²) in [6.07, 6.45) is 6.33. The maximum absolute atomic E-state index is 13.6. The Balaban J connectivity index is 1.67. The lowest BCUT2D eigenvalue weighted by Gasteiger charge is -2.06. The van der Waals surface area contributed by atoms with Crippen LogP contribution in [0.2, 0.25) is 0 Å². The van der Waals surface area contributed by atoms with Crippen molar-refractivity contribution in [3.8, 4) is 0 Å². The van der Waals surface area contributed by atoms with E-state index in [-0.39, 0.29) is 11.5 Å². The number of anilines is 1. The van der Waals surface area contributed by atoms with Crippen LogP contribution < -0.4 is 5.32 Å². The Morgan fingerprint density at radius 2 is 1.85 bits per heavy atom. The van der Waals surface area contributed by atoms with Gasteiger partial charge in [-0.05, 0) is 35.9 Å². The van der Waals surface area contributed by atoms with E-state index >= 15 is 0 Å².